The molecule has 5 N–H and O–H groups in total. The molecule has 0 bridgehead atoms. The first kappa shape index (κ1) is 20.1. The van der Waals surface area contributed by atoms with E-state index in [2.05, 4.69) is 31.2 Å². The Labute approximate surface area is 160 Å². The second-order valence-corrected chi connectivity index (χ2v) is 5.67. The molecule has 142 valence electrons. The van der Waals surface area contributed by atoms with Crippen LogP contribution < -0.4 is 21.3 Å². The molecule has 0 spiro atoms. The fourth-order valence-corrected chi connectivity index (χ4v) is 2.11. The molecule has 0 fully saturated rings. The second-order valence-electron chi connectivity index (χ2n) is 5.26. The van der Waals surface area contributed by atoms with Gasteiger partial charge in [-0.25, -0.2) is 9.37 Å². The summed E-state index contributed by atoms with van der Waals surface area (Å²) < 4.78 is 13.7. The fourth-order valence-electron chi connectivity index (χ4n) is 1.96. The van der Waals surface area contributed by atoms with Gasteiger partial charge in [0.05, 0.1) is 18.4 Å². The van der Waals surface area contributed by atoms with E-state index in [4.69, 9.17) is 17.0 Å². The number of benzene rings is 1. The van der Waals surface area contributed by atoms with Gasteiger partial charge in [-0.1, -0.05) is 29.8 Å². The van der Waals surface area contributed by atoms with Crippen molar-refractivity contribution in [1.29, 1.82) is 5.41 Å². The summed E-state index contributed by atoms with van der Waals surface area (Å²) >= 11 is 6.08. The Hall–Kier alpha value is -3.20. The summed E-state index contributed by atoms with van der Waals surface area (Å²) in [5.74, 6) is -0.0188. The molecule has 1 aromatic heterocycles. The molecular weight excluding hydrogens is 373 g/mol. The molecule has 0 unspecified atom stereocenters. The Morgan fingerprint density at radius 2 is 2.15 bits per heavy atom. The van der Waals surface area contributed by atoms with Gasteiger partial charge in [-0.2, -0.15) is 4.98 Å². The van der Waals surface area contributed by atoms with Crippen LogP contribution >= 0.6 is 11.6 Å². The third kappa shape index (κ3) is 6.23. The minimum atomic E-state index is -0.329. The maximum absolute atomic E-state index is 13.7. The lowest BCUT2D eigenvalue weighted by molar-refractivity contribution is -0.119. The summed E-state index contributed by atoms with van der Waals surface area (Å²) in [6.45, 7) is 0.260. The first-order chi connectivity index (χ1) is 13.0. The van der Waals surface area contributed by atoms with Gasteiger partial charge in [0, 0.05) is 31.6 Å². The van der Waals surface area contributed by atoms with Gasteiger partial charge < -0.3 is 26.7 Å². The summed E-state index contributed by atoms with van der Waals surface area (Å²) in [6, 6.07) is 6.38. The van der Waals surface area contributed by atoms with E-state index in [1.165, 1.54) is 25.5 Å². The van der Waals surface area contributed by atoms with Crippen LogP contribution in [0.25, 0.3) is 0 Å². The molecular formula is C17H19ClFN7O. The quantitative estimate of drug-likeness (QED) is 0.418. The predicted molar refractivity (Wildman–Crippen MR) is 103 cm³/mol. The molecule has 0 saturated heterocycles. The van der Waals surface area contributed by atoms with Crippen molar-refractivity contribution in [3.05, 3.63) is 58.8 Å². The first-order valence-electron chi connectivity index (χ1n) is 7.95. The molecule has 0 radical (unpaired) electrons. The number of hydrogen-bond donors (Lipinski definition) is 5. The summed E-state index contributed by atoms with van der Waals surface area (Å²) in [6.07, 6.45) is 3.88. The standard InChI is InChI=1S/C17H19ClFN7O/c1-21-15(27)10-22-8-12(6-20)25-17-24-9-13(18)16(26-17)23-7-11-4-2-3-5-14(11)19/h2-6,8-9,20,22H,7,10H2,1H3,(H,21,27)(H2,23,24,25,26)/b12-8+,20-6?. The number of nitrogens with zero attached hydrogens (tertiary/aromatic N) is 2. The number of carbonyl (C=O) groups excluding carboxylic acids is 1. The molecule has 27 heavy (non-hydrogen) atoms. The van der Waals surface area contributed by atoms with E-state index in [0.29, 0.717) is 17.1 Å². The van der Waals surface area contributed by atoms with Crippen molar-refractivity contribution in [2.24, 2.45) is 0 Å². The minimum Gasteiger partial charge on any atom is -0.380 e. The van der Waals surface area contributed by atoms with Gasteiger partial charge in [0.25, 0.3) is 0 Å². The number of anilines is 2. The van der Waals surface area contributed by atoms with Crippen LogP contribution in [0.3, 0.4) is 0 Å². The maximum atomic E-state index is 13.7. The molecule has 1 heterocycles. The molecule has 0 aliphatic rings. The Bertz CT molecular complexity index is 844. The highest BCUT2D eigenvalue weighted by Gasteiger charge is 2.08. The topological polar surface area (TPSA) is 115 Å². The summed E-state index contributed by atoms with van der Waals surface area (Å²) in [5, 5.41) is 18.7. The van der Waals surface area contributed by atoms with Crippen molar-refractivity contribution < 1.29 is 9.18 Å². The number of amides is 1. The average Bonchev–Trinajstić information content (AvgIpc) is 2.68. The van der Waals surface area contributed by atoms with Gasteiger partial charge >= 0.3 is 0 Å². The van der Waals surface area contributed by atoms with Crippen LogP contribution in [0.5, 0.6) is 0 Å². The smallest absolute Gasteiger partial charge is 0.239 e. The molecule has 0 atom stereocenters. The lowest BCUT2D eigenvalue weighted by Gasteiger charge is -2.11. The third-order valence-corrected chi connectivity index (χ3v) is 3.64. The number of nitrogens with one attached hydrogen (secondary N) is 5. The highest BCUT2D eigenvalue weighted by Crippen LogP contribution is 2.21. The molecule has 1 aromatic carbocycles. The molecule has 0 aliphatic carbocycles. The number of allylic oxidation sites excluding steroid dienone is 1. The van der Waals surface area contributed by atoms with Crippen LogP contribution in [-0.4, -0.2) is 35.7 Å². The summed E-state index contributed by atoms with van der Waals surface area (Å²) in [7, 11) is 1.53. The highest BCUT2D eigenvalue weighted by molar-refractivity contribution is 6.32. The molecule has 8 nitrogen and oxygen atoms in total. The van der Waals surface area contributed by atoms with Crippen molar-refractivity contribution in [2.75, 3.05) is 24.2 Å². The van der Waals surface area contributed by atoms with Crippen molar-refractivity contribution >= 4 is 35.5 Å². The van der Waals surface area contributed by atoms with Gasteiger partial charge in [-0.3, -0.25) is 4.79 Å². The van der Waals surface area contributed by atoms with Crippen LogP contribution in [0, 0.1) is 11.2 Å². The molecule has 2 rings (SSSR count). The molecule has 0 saturated carbocycles. The van der Waals surface area contributed by atoms with E-state index < -0.39 is 0 Å². The van der Waals surface area contributed by atoms with Gasteiger partial charge in [0.15, 0.2) is 5.82 Å². The zero-order valence-electron chi connectivity index (χ0n) is 14.5. The van der Waals surface area contributed by atoms with E-state index in [1.54, 1.807) is 18.2 Å². The molecule has 1 amide bonds. The Kier molecular flexibility index (Phi) is 7.50. The van der Waals surface area contributed by atoms with E-state index in [1.807, 2.05) is 0 Å². The molecule has 2 aromatic rings. The number of aromatic nitrogens is 2. The van der Waals surface area contributed by atoms with Gasteiger partial charge in [0.2, 0.25) is 11.9 Å². The molecule has 10 heteroatoms. The SMILES string of the molecule is CNC(=O)CN/C=C(\C=N)Nc1ncc(Cl)c(NCc2ccccc2F)n1. The van der Waals surface area contributed by atoms with E-state index >= 15 is 0 Å². The second kappa shape index (κ2) is 10.1. The first-order valence-corrected chi connectivity index (χ1v) is 8.32. The lowest BCUT2D eigenvalue weighted by Crippen LogP contribution is -2.29. The van der Waals surface area contributed by atoms with E-state index in [-0.39, 0.29) is 35.8 Å². The normalized spacial score (nSPS) is 10.9. The fraction of sp³-hybridized carbons (Fsp3) is 0.176. The number of hydrogen-bond acceptors (Lipinski definition) is 7. The Morgan fingerprint density at radius 1 is 1.37 bits per heavy atom. The number of likely N-dealkylation sites (N-methyl/N-ethyl adjacent to an activating group) is 1. The third-order valence-electron chi connectivity index (χ3n) is 3.36. The average molecular weight is 392 g/mol. The van der Waals surface area contributed by atoms with Crippen LogP contribution in [0.2, 0.25) is 5.02 Å². The number of rotatable bonds is 9. The summed E-state index contributed by atoms with van der Waals surface area (Å²) in [5.41, 5.74) is 0.807. The van der Waals surface area contributed by atoms with Crippen LogP contribution in [0.15, 0.2) is 42.4 Å². The van der Waals surface area contributed by atoms with Crippen molar-refractivity contribution in [1.82, 2.24) is 20.6 Å². The van der Waals surface area contributed by atoms with Gasteiger partial charge in [0.1, 0.15) is 10.8 Å². The number of halogens is 2. The van der Waals surface area contributed by atoms with Crippen LogP contribution in [0.1, 0.15) is 5.56 Å². The predicted octanol–water partition coefficient (Wildman–Crippen LogP) is 2.12. The molecule has 0 aliphatic heterocycles. The van der Waals surface area contributed by atoms with Crippen LogP contribution in [-0.2, 0) is 11.3 Å². The summed E-state index contributed by atoms with van der Waals surface area (Å²) in [4.78, 5) is 19.4. The Morgan fingerprint density at radius 3 is 2.85 bits per heavy atom. The minimum absolute atomic E-state index is 0.0619. The van der Waals surface area contributed by atoms with Crippen LogP contribution in [0.4, 0.5) is 16.2 Å². The van der Waals surface area contributed by atoms with E-state index in [0.717, 1.165) is 6.21 Å². The maximum Gasteiger partial charge on any atom is 0.239 e. The zero-order chi connectivity index (χ0) is 19.6. The Balaban J connectivity index is 2.04. The number of carbonyl (C=O) groups is 1. The lowest BCUT2D eigenvalue weighted by atomic mass is 10.2. The van der Waals surface area contributed by atoms with Gasteiger partial charge in [-0.05, 0) is 6.07 Å². The zero-order valence-corrected chi connectivity index (χ0v) is 15.3. The van der Waals surface area contributed by atoms with Gasteiger partial charge in [-0.15, -0.1) is 0 Å². The van der Waals surface area contributed by atoms with Crippen molar-refractivity contribution in [2.45, 2.75) is 6.54 Å². The van der Waals surface area contributed by atoms with E-state index in [9.17, 15) is 9.18 Å². The highest BCUT2D eigenvalue weighted by atomic mass is 35.5. The largest absolute Gasteiger partial charge is 0.380 e. The van der Waals surface area contributed by atoms with Crippen molar-refractivity contribution in [3.8, 4) is 0 Å². The van der Waals surface area contributed by atoms with Crippen molar-refractivity contribution in [3.63, 3.8) is 0 Å². The monoisotopic (exact) mass is 391 g/mol.